The molecule has 126 valence electrons. The number of aromatic nitrogens is 1. The first-order chi connectivity index (χ1) is 11.5. The van der Waals surface area contributed by atoms with Crippen molar-refractivity contribution in [2.24, 2.45) is 0 Å². The summed E-state index contributed by atoms with van der Waals surface area (Å²) in [5.41, 5.74) is 6.92. The number of carbonyl (C=O) groups is 2. The highest BCUT2D eigenvalue weighted by Crippen LogP contribution is 2.27. The number of aryl methyl sites for hydroxylation is 1. The number of hydrogen-bond donors (Lipinski definition) is 2. The number of nitrogens with one attached hydrogen (secondary N) is 2. The number of benzene rings is 1. The molecule has 0 radical (unpaired) electrons. The molecule has 0 saturated carbocycles. The minimum absolute atomic E-state index is 0.189. The standard InChI is InChI=1S/C18H21N3O3/c1-12(2)14-8-7-13(3)10-16(14)24-11-17(22)20-21-18(23)15-6-4-5-9-19-15/h4-10,12H,11H2,1-3H3,(H,20,22)(H,21,23). The Kier molecular flexibility index (Phi) is 5.89. The number of hydrogen-bond acceptors (Lipinski definition) is 4. The van der Waals surface area contributed by atoms with Gasteiger partial charge in [0.25, 0.3) is 11.8 Å². The zero-order valence-electron chi connectivity index (χ0n) is 14.0. The van der Waals surface area contributed by atoms with Crippen LogP contribution in [0.15, 0.2) is 42.6 Å². The van der Waals surface area contributed by atoms with Gasteiger partial charge in [0.05, 0.1) is 0 Å². The Balaban J connectivity index is 1.88. The molecule has 0 spiro atoms. The fourth-order valence-electron chi connectivity index (χ4n) is 2.11. The highest BCUT2D eigenvalue weighted by Gasteiger charge is 2.11. The Bertz CT molecular complexity index is 715. The van der Waals surface area contributed by atoms with Gasteiger partial charge in [-0.05, 0) is 42.2 Å². The summed E-state index contributed by atoms with van der Waals surface area (Å²) in [4.78, 5) is 27.5. The van der Waals surface area contributed by atoms with Gasteiger partial charge in [-0.2, -0.15) is 0 Å². The maximum atomic E-state index is 11.8. The van der Waals surface area contributed by atoms with Crippen LogP contribution in [0.1, 0.15) is 41.4 Å². The Morgan fingerprint density at radius 1 is 1.17 bits per heavy atom. The lowest BCUT2D eigenvalue weighted by Gasteiger charge is -2.15. The summed E-state index contributed by atoms with van der Waals surface area (Å²) in [5.74, 6) is 0.0292. The summed E-state index contributed by atoms with van der Waals surface area (Å²) in [6, 6.07) is 10.9. The second-order valence-electron chi connectivity index (χ2n) is 5.70. The average molecular weight is 327 g/mol. The van der Waals surface area contributed by atoms with Crippen molar-refractivity contribution in [3.05, 3.63) is 59.4 Å². The molecular formula is C18H21N3O3. The first kappa shape index (κ1) is 17.5. The fraction of sp³-hybridized carbons (Fsp3) is 0.278. The lowest BCUT2D eigenvalue weighted by atomic mass is 10.0. The monoisotopic (exact) mass is 327 g/mol. The molecule has 2 N–H and O–H groups in total. The van der Waals surface area contributed by atoms with Crippen LogP contribution in [0.4, 0.5) is 0 Å². The van der Waals surface area contributed by atoms with Crippen molar-refractivity contribution in [2.75, 3.05) is 6.61 Å². The Labute approximate surface area is 141 Å². The van der Waals surface area contributed by atoms with Crippen LogP contribution in [0.5, 0.6) is 5.75 Å². The third-order valence-electron chi connectivity index (χ3n) is 3.36. The minimum Gasteiger partial charge on any atom is -0.483 e. The van der Waals surface area contributed by atoms with E-state index >= 15 is 0 Å². The molecule has 2 aromatic rings. The van der Waals surface area contributed by atoms with Crippen molar-refractivity contribution in [3.63, 3.8) is 0 Å². The van der Waals surface area contributed by atoms with E-state index in [2.05, 4.69) is 29.7 Å². The van der Waals surface area contributed by atoms with Crippen molar-refractivity contribution >= 4 is 11.8 Å². The molecule has 1 heterocycles. The number of carbonyl (C=O) groups excluding carboxylic acids is 2. The first-order valence-electron chi connectivity index (χ1n) is 7.71. The lowest BCUT2D eigenvalue weighted by Crippen LogP contribution is -2.44. The number of rotatable bonds is 5. The minimum atomic E-state index is -0.484. The fourth-order valence-corrected chi connectivity index (χ4v) is 2.11. The Morgan fingerprint density at radius 3 is 2.62 bits per heavy atom. The lowest BCUT2D eigenvalue weighted by molar-refractivity contribution is -0.123. The van der Waals surface area contributed by atoms with E-state index in [0.29, 0.717) is 5.75 Å². The van der Waals surface area contributed by atoms with E-state index in [1.54, 1.807) is 18.2 Å². The maximum Gasteiger partial charge on any atom is 0.288 e. The quantitative estimate of drug-likeness (QED) is 0.826. The number of hydrazine groups is 1. The molecule has 0 aliphatic heterocycles. The van der Waals surface area contributed by atoms with Crippen LogP contribution in [0.2, 0.25) is 0 Å². The molecule has 0 aliphatic carbocycles. The summed E-state index contributed by atoms with van der Waals surface area (Å²) < 4.78 is 5.60. The largest absolute Gasteiger partial charge is 0.483 e. The van der Waals surface area contributed by atoms with Crippen LogP contribution in [0, 0.1) is 6.92 Å². The molecule has 24 heavy (non-hydrogen) atoms. The Morgan fingerprint density at radius 2 is 1.96 bits per heavy atom. The molecule has 0 fully saturated rings. The molecule has 0 aliphatic rings. The second kappa shape index (κ2) is 8.10. The SMILES string of the molecule is Cc1ccc(C(C)C)c(OCC(=O)NNC(=O)c2ccccn2)c1. The van der Waals surface area contributed by atoms with Gasteiger partial charge >= 0.3 is 0 Å². The van der Waals surface area contributed by atoms with Crippen LogP contribution in [-0.4, -0.2) is 23.4 Å². The maximum absolute atomic E-state index is 11.8. The van der Waals surface area contributed by atoms with Crippen LogP contribution in [0.25, 0.3) is 0 Å². The topological polar surface area (TPSA) is 80.3 Å². The van der Waals surface area contributed by atoms with E-state index < -0.39 is 11.8 Å². The molecule has 0 unspecified atom stereocenters. The van der Waals surface area contributed by atoms with Crippen molar-refractivity contribution in [1.29, 1.82) is 0 Å². The summed E-state index contributed by atoms with van der Waals surface area (Å²) in [5, 5.41) is 0. The summed E-state index contributed by atoms with van der Waals surface area (Å²) in [6.07, 6.45) is 1.50. The van der Waals surface area contributed by atoms with Gasteiger partial charge in [0.15, 0.2) is 6.61 Å². The third kappa shape index (κ3) is 4.81. The first-order valence-corrected chi connectivity index (χ1v) is 7.71. The van der Waals surface area contributed by atoms with Gasteiger partial charge in [-0.3, -0.25) is 25.4 Å². The molecule has 1 aromatic heterocycles. The molecule has 0 bridgehead atoms. The molecule has 1 aromatic carbocycles. The van der Waals surface area contributed by atoms with Crippen LogP contribution < -0.4 is 15.6 Å². The smallest absolute Gasteiger partial charge is 0.288 e. The number of amides is 2. The molecule has 2 rings (SSSR count). The Hall–Kier alpha value is -2.89. The number of nitrogens with zero attached hydrogens (tertiary/aromatic N) is 1. The van der Waals surface area contributed by atoms with Gasteiger partial charge in [-0.15, -0.1) is 0 Å². The van der Waals surface area contributed by atoms with E-state index in [1.165, 1.54) is 6.20 Å². The average Bonchev–Trinajstić information content (AvgIpc) is 2.58. The van der Waals surface area contributed by atoms with Gasteiger partial charge in [0.2, 0.25) is 0 Å². The second-order valence-corrected chi connectivity index (χ2v) is 5.70. The highest BCUT2D eigenvalue weighted by molar-refractivity contribution is 5.93. The van der Waals surface area contributed by atoms with E-state index in [0.717, 1.165) is 11.1 Å². The van der Waals surface area contributed by atoms with Crippen molar-refractivity contribution in [1.82, 2.24) is 15.8 Å². The predicted octanol–water partition coefficient (Wildman–Crippen LogP) is 2.35. The number of pyridine rings is 1. The molecule has 2 amide bonds. The summed E-state index contributed by atoms with van der Waals surface area (Å²) >= 11 is 0. The van der Waals surface area contributed by atoms with Crippen molar-refractivity contribution in [2.45, 2.75) is 26.7 Å². The van der Waals surface area contributed by atoms with Gasteiger partial charge in [0.1, 0.15) is 11.4 Å². The summed E-state index contributed by atoms with van der Waals surface area (Å²) in [7, 11) is 0. The van der Waals surface area contributed by atoms with Crippen LogP contribution in [-0.2, 0) is 4.79 Å². The molecule has 0 atom stereocenters. The zero-order valence-corrected chi connectivity index (χ0v) is 14.0. The summed E-state index contributed by atoms with van der Waals surface area (Å²) in [6.45, 7) is 5.89. The molecule has 0 saturated heterocycles. The van der Waals surface area contributed by atoms with Crippen LogP contribution >= 0.6 is 0 Å². The van der Waals surface area contributed by atoms with E-state index in [9.17, 15) is 9.59 Å². The molecular weight excluding hydrogens is 306 g/mol. The van der Waals surface area contributed by atoms with Gasteiger partial charge in [-0.1, -0.05) is 32.0 Å². The van der Waals surface area contributed by atoms with E-state index in [1.807, 2.05) is 25.1 Å². The van der Waals surface area contributed by atoms with E-state index in [-0.39, 0.29) is 18.2 Å². The number of ether oxygens (including phenoxy) is 1. The molecule has 6 nitrogen and oxygen atoms in total. The highest BCUT2D eigenvalue weighted by atomic mass is 16.5. The van der Waals surface area contributed by atoms with E-state index in [4.69, 9.17) is 4.74 Å². The van der Waals surface area contributed by atoms with Gasteiger partial charge < -0.3 is 4.74 Å². The zero-order chi connectivity index (χ0) is 17.5. The van der Waals surface area contributed by atoms with Crippen LogP contribution in [0.3, 0.4) is 0 Å². The normalized spacial score (nSPS) is 10.3. The third-order valence-corrected chi connectivity index (χ3v) is 3.36. The van der Waals surface area contributed by atoms with Gasteiger partial charge in [-0.25, -0.2) is 0 Å². The van der Waals surface area contributed by atoms with Crippen molar-refractivity contribution in [3.8, 4) is 5.75 Å². The van der Waals surface area contributed by atoms with Crippen molar-refractivity contribution < 1.29 is 14.3 Å². The molecule has 6 heteroatoms. The van der Waals surface area contributed by atoms with Gasteiger partial charge in [0, 0.05) is 6.20 Å². The predicted molar refractivity (Wildman–Crippen MR) is 90.6 cm³/mol.